The topological polar surface area (TPSA) is 0 Å². The molecule has 0 nitrogen and oxygen atoms in total. The lowest BCUT2D eigenvalue weighted by molar-refractivity contribution is 0.986. The van der Waals surface area contributed by atoms with Crippen LogP contribution in [0.25, 0.3) is 104 Å². The molecule has 0 aromatic heterocycles. The first kappa shape index (κ1) is 29.3. The van der Waals surface area contributed by atoms with Gasteiger partial charge in [-0.15, -0.1) is 0 Å². The standard InChI is InChI=1S/C52H34/c1-2-12-35-29-36(24-21-33(35)11-1)37-25-22-34-23-26-38(31-40(34)30-37)51-46-17-7-9-19-48(46)52(49-20-10-8-18-47(49)51)39-27-28-45-43-15-4-3-13-41(43)42-14-5-6-16-44(42)50(45)32-39/h2-10,12-32H,1,11H2. The molecule has 1 aliphatic rings. The van der Waals surface area contributed by atoms with E-state index in [2.05, 4.69) is 182 Å². The van der Waals surface area contributed by atoms with Crippen molar-refractivity contribution in [1.82, 2.24) is 0 Å². The van der Waals surface area contributed by atoms with E-state index in [-0.39, 0.29) is 0 Å². The molecular weight excluding hydrogens is 625 g/mol. The monoisotopic (exact) mass is 658 g/mol. The first-order valence-corrected chi connectivity index (χ1v) is 18.4. The van der Waals surface area contributed by atoms with Gasteiger partial charge in [0, 0.05) is 0 Å². The summed E-state index contributed by atoms with van der Waals surface area (Å²) < 4.78 is 0. The van der Waals surface area contributed by atoms with E-state index in [0.717, 1.165) is 12.8 Å². The molecule has 0 aliphatic heterocycles. The number of fused-ring (bicyclic) bond motifs is 10. The van der Waals surface area contributed by atoms with Crippen molar-refractivity contribution < 1.29 is 0 Å². The van der Waals surface area contributed by atoms with Gasteiger partial charge in [0.15, 0.2) is 0 Å². The van der Waals surface area contributed by atoms with Crippen LogP contribution in [0.5, 0.6) is 0 Å². The summed E-state index contributed by atoms with van der Waals surface area (Å²) >= 11 is 0. The fourth-order valence-corrected chi connectivity index (χ4v) is 9.00. The highest BCUT2D eigenvalue weighted by Crippen LogP contribution is 2.46. The van der Waals surface area contributed by atoms with Gasteiger partial charge in [-0.25, -0.2) is 0 Å². The highest BCUT2D eigenvalue weighted by atomic mass is 14.2. The van der Waals surface area contributed by atoms with Gasteiger partial charge >= 0.3 is 0 Å². The van der Waals surface area contributed by atoms with Crippen LogP contribution in [0.3, 0.4) is 0 Å². The summed E-state index contributed by atoms with van der Waals surface area (Å²) in [5, 5.41) is 15.4. The van der Waals surface area contributed by atoms with Gasteiger partial charge in [0.2, 0.25) is 0 Å². The highest BCUT2D eigenvalue weighted by molar-refractivity contribution is 6.27. The fourth-order valence-electron chi connectivity index (χ4n) is 9.00. The largest absolute Gasteiger partial charge is 0.0836 e. The van der Waals surface area contributed by atoms with Crippen LogP contribution >= 0.6 is 0 Å². The molecule has 0 radical (unpaired) electrons. The summed E-state index contributed by atoms with van der Waals surface area (Å²) in [7, 11) is 0. The van der Waals surface area contributed by atoms with Crippen molar-refractivity contribution >= 4 is 70.7 Å². The predicted octanol–water partition coefficient (Wildman–Crippen LogP) is 14.6. The molecule has 0 fully saturated rings. The summed E-state index contributed by atoms with van der Waals surface area (Å²) in [4.78, 5) is 0. The van der Waals surface area contributed by atoms with Crippen molar-refractivity contribution in [2.45, 2.75) is 12.8 Å². The average Bonchev–Trinajstić information content (AvgIpc) is 3.22. The Morgan fingerprint density at radius 3 is 1.37 bits per heavy atom. The Morgan fingerprint density at radius 1 is 0.308 bits per heavy atom. The van der Waals surface area contributed by atoms with Crippen molar-refractivity contribution in [3.63, 3.8) is 0 Å². The minimum absolute atomic E-state index is 1.13. The normalized spacial score (nSPS) is 12.8. The molecular formula is C52H34. The molecule has 0 N–H and O–H groups in total. The smallest absolute Gasteiger partial charge is 0.00261 e. The molecule has 11 rings (SSSR count). The second kappa shape index (κ2) is 11.5. The number of hydrogen-bond acceptors (Lipinski definition) is 0. The Kier molecular flexibility index (Phi) is 6.48. The summed E-state index contributed by atoms with van der Waals surface area (Å²) in [5.74, 6) is 0. The number of benzene rings is 10. The van der Waals surface area contributed by atoms with Gasteiger partial charge in [0.25, 0.3) is 0 Å². The van der Waals surface area contributed by atoms with E-state index in [4.69, 9.17) is 0 Å². The molecule has 52 heavy (non-hydrogen) atoms. The molecule has 10 aromatic rings. The van der Waals surface area contributed by atoms with Gasteiger partial charge in [-0.1, -0.05) is 158 Å². The van der Waals surface area contributed by atoms with Gasteiger partial charge < -0.3 is 0 Å². The molecule has 0 bridgehead atoms. The van der Waals surface area contributed by atoms with Crippen molar-refractivity contribution in [2.75, 3.05) is 0 Å². The Balaban J connectivity index is 1.13. The average molecular weight is 659 g/mol. The van der Waals surface area contributed by atoms with Crippen molar-refractivity contribution in [3.8, 4) is 33.4 Å². The molecule has 0 saturated heterocycles. The minimum atomic E-state index is 1.13. The van der Waals surface area contributed by atoms with E-state index in [1.54, 1.807) is 0 Å². The molecule has 10 aromatic carbocycles. The third-order valence-corrected chi connectivity index (χ3v) is 11.5. The number of hydrogen-bond donors (Lipinski definition) is 0. The van der Waals surface area contributed by atoms with Crippen LogP contribution in [0.1, 0.15) is 17.5 Å². The SMILES string of the molecule is C1=Cc2cc(-c3ccc4ccc(-c5c6ccccc6c(-c6ccc7c8ccccc8c8ccccc8c7c6)c6ccccc56)cc4c3)ccc2CC1. The molecule has 242 valence electrons. The first-order chi connectivity index (χ1) is 25.8. The van der Waals surface area contributed by atoms with E-state index in [1.807, 2.05) is 0 Å². The van der Waals surface area contributed by atoms with Gasteiger partial charge in [-0.05, 0) is 146 Å². The van der Waals surface area contributed by atoms with Crippen LogP contribution in [0.15, 0.2) is 176 Å². The third-order valence-electron chi connectivity index (χ3n) is 11.5. The molecule has 0 spiro atoms. The summed E-state index contributed by atoms with van der Waals surface area (Å²) in [6.45, 7) is 0. The van der Waals surface area contributed by atoms with Gasteiger partial charge in [0.05, 0.1) is 0 Å². The second-order valence-electron chi connectivity index (χ2n) is 14.3. The second-order valence-corrected chi connectivity index (χ2v) is 14.3. The highest BCUT2D eigenvalue weighted by Gasteiger charge is 2.18. The third kappa shape index (κ3) is 4.48. The Morgan fingerprint density at radius 2 is 0.750 bits per heavy atom. The lowest BCUT2D eigenvalue weighted by Gasteiger charge is -2.19. The Bertz CT molecular complexity index is 3030. The molecule has 0 heterocycles. The van der Waals surface area contributed by atoms with E-state index in [1.165, 1.54) is 109 Å². The summed E-state index contributed by atoms with van der Waals surface area (Å²) in [6.07, 6.45) is 6.83. The maximum absolute atomic E-state index is 2.44. The Labute approximate surface area is 302 Å². The fraction of sp³-hybridized carbons (Fsp3) is 0.0385. The van der Waals surface area contributed by atoms with Crippen LogP contribution < -0.4 is 0 Å². The van der Waals surface area contributed by atoms with Gasteiger partial charge in [-0.3, -0.25) is 0 Å². The van der Waals surface area contributed by atoms with Gasteiger partial charge in [0.1, 0.15) is 0 Å². The van der Waals surface area contributed by atoms with E-state index >= 15 is 0 Å². The van der Waals surface area contributed by atoms with Crippen molar-refractivity contribution in [2.24, 2.45) is 0 Å². The zero-order valence-electron chi connectivity index (χ0n) is 28.7. The van der Waals surface area contributed by atoms with Crippen LogP contribution in [0, 0.1) is 0 Å². The molecule has 0 amide bonds. The van der Waals surface area contributed by atoms with E-state index < -0.39 is 0 Å². The maximum Gasteiger partial charge on any atom is -0.00261 e. The minimum Gasteiger partial charge on any atom is -0.0836 e. The predicted molar refractivity (Wildman–Crippen MR) is 225 cm³/mol. The maximum atomic E-state index is 2.44. The lowest BCUT2D eigenvalue weighted by atomic mass is 9.84. The molecule has 0 unspecified atom stereocenters. The molecule has 0 atom stereocenters. The summed E-state index contributed by atoms with van der Waals surface area (Å²) in [6, 6.07) is 63.7. The number of rotatable bonds is 3. The quantitative estimate of drug-likeness (QED) is 0.131. The zero-order chi connectivity index (χ0) is 34.2. The van der Waals surface area contributed by atoms with Crippen molar-refractivity contribution in [3.05, 3.63) is 187 Å². The number of allylic oxidation sites excluding steroid dienone is 1. The zero-order valence-corrected chi connectivity index (χ0v) is 28.7. The van der Waals surface area contributed by atoms with E-state index in [0.29, 0.717) is 0 Å². The Hall–Kier alpha value is -6.50. The van der Waals surface area contributed by atoms with Crippen molar-refractivity contribution in [1.29, 1.82) is 0 Å². The van der Waals surface area contributed by atoms with Gasteiger partial charge in [-0.2, -0.15) is 0 Å². The molecule has 0 saturated carbocycles. The summed E-state index contributed by atoms with van der Waals surface area (Å²) in [5.41, 5.74) is 10.4. The van der Waals surface area contributed by atoms with Crippen LogP contribution in [-0.4, -0.2) is 0 Å². The van der Waals surface area contributed by atoms with Crippen LogP contribution in [-0.2, 0) is 6.42 Å². The lowest BCUT2D eigenvalue weighted by Crippen LogP contribution is -1.94. The van der Waals surface area contributed by atoms with Crippen LogP contribution in [0.2, 0.25) is 0 Å². The van der Waals surface area contributed by atoms with Crippen LogP contribution in [0.4, 0.5) is 0 Å². The van der Waals surface area contributed by atoms with E-state index in [9.17, 15) is 0 Å². The number of aryl methyl sites for hydroxylation is 1. The molecule has 0 heteroatoms. The first-order valence-electron chi connectivity index (χ1n) is 18.4. The molecule has 1 aliphatic carbocycles.